The van der Waals surface area contributed by atoms with Crippen molar-refractivity contribution in [2.45, 2.75) is 20.4 Å². The Kier molecular flexibility index (Phi) is 3.27. The van der Waals surface area contributed by atoms with Crippen LogP contribution in [-0.4, -0.2) is 15.9 Å². The van der Waals surface area contributed by atoms with Gasteiger partial charge in [0.2, 0.25) is 5.89 Å². The first-order valence-corrected chi connectivity index (χ1v) is 5.50. The molecule has 94 valence electrons. The minimum Gasteiger partial charge on any atom is -0.398 e. The highest BCUT2D eigenvalue weighted by atomic mass is 16.5. The fourth-order valence-corrected chi connectivity index (χ4v) is 1.56. The fourth-order valence-electron chi connectivity index (χ4n) is 1.56. The molecule has 1 aromatic carbocycles. The van der Waals surface area contributed by atoms with Crippen molar-refractivity contribution in [2.75, 3.05) is 11.1 Å². The first-order valence-electron chi connectivity index (χ1n) is 5.50. The van der Waals surface area contributed by atoms with Crippen molar-refractivity contribution in [1.29, 1.82) is 0 Å². The lowest BCUT2D eigenvalue weighted by Crippen LogP contribution is -2.04. The van der Waals surface area contributed by atoms with E-state index in [1.54, 1.807) is 25.1 Å². The third-order valence-corrected chi connectivity index (χ3v) is 2.45. The average molecular weight is 246 g/mol. The predicted molar refractivity (Wildman–Crippen MR) is 67.2 cm³/mol. The second-order valence-electron chi connectivity index (χ2n) is 3.95. The highest BCUT2D eigenvalue weighted by Crippen LogP contribution is 2.18. The third-order valence-electron chi connectivity index (χ3n) is 2.45. The monoisotopic (exact) mass is 246 g/mol. The van der Waals surface area contributed by atoms with Crippen LogP contribution in [0.2, 0.25) is 0 Å². The molecule has 0 amide bonds. The molecule has 0 saturated carbocycles. The van der Waals surface area contributed by atoms with E-state index in [4.69, 9.17) is 10.3 Å². The van der Waals surface area contributed by atoms with E-state index in [1.165, 1.54) is 6.92 Å². The Labute approximate surface area is 104 Å². The summed E-state index contributed by atoms with van der Waals surface area (Å²) in [5.41, 5.74) is 7.47. The van der Waals surface area contributed by atoms with Crippen LogP contribution in [0.1, 0.15) is 29.0 Å². The van der Waals surface area contributed by atoms with Gasteiger partial charge < -0.3 is 15.6 Å². The van der Waals surface area contributed by atoms with E-state index in [2.05, 4.69) is 15.5 Å². The Morgan fingerprint density at radius 1 is 1.50 bits per heavy atom. The van der Waals surface area contributed by atoms with Gasteiger partial charge in [0.1, 0.15) is 0 Å². The Hall–Kier alpha value is -2.37. The Morgan fingerprint density at radius 3 is 2.89 bits per heavy atom. The van der Waals surface area contributed by atoms with E-state index in [1.807, 2.05) is 0 Å². The normalized spacial score (nSPS) is 10.3. The fraction of sp³-hybridized carbons (Fsp3) is 0.250. The van der Waals surface area contributed by atoms with Gasteiger partial charge in [0.25, 0.3) is 0 Å². The number of benzene rings is 1. The maximum atomic E-state index is 11.3. The van der Waals surface area contributed by atoms with E-state index in [0.717, 1.165) is 5.69 Å². The van der Waals surface area contributed by atoms with Crippen LogP contribution in [0.15, 0.2) is 22.7 Å². The zero-order chi connectivity index (χ0) is 13.1. The maximum absolute atomic E-state index is 11.3. The van der Waals surface area contributed by atoms with Gasteiger partial charge in [-0.2, -0.15) is 4.98 Å². The van der Waals surface area contributed by atoms with Crippen LogP contribution in [0.3, 0.4) is 0 Å². The lowest BCUT2D eigenvalue weighted by Gasteiger charge is -2.07. The summed E-state index contributed by atoms with van der Waals surface area (Å²) in [5.74, 6) is 1.02. The molecule has 1 aromatic heterocycles. The molecule has 1 heterocycles. The third kappa shape index (κ3) is 2.65. The van der Waals surface area contributed by atoms with Gasteiger partial charge in [-0.05, 0) is 32.0 Å². The number of hydrogen-bond donors (Lipinski definition) is 2. The Bertz CT molecular complexity index is 577. The molecule has 0 aliphatic rings. The SMILES string of the molecule is CC(=O)c1cc(NCc2nc(C)no2)ccc1N. The van der Waals surface area contributed by atoms with Crippen molar-refractivity contribution in [3.63, 3.8) is 0 Å². The van der Waals surface area contributed by atoms with Crippen molar-refractivity contribution in [1.82, 2.24) is 10.1 Å². The van der Waals surface area contributed by atoms with Crippen molar-refractivity contribution in [2.24, 2.45) is 0 Å². The number of rotatable bonds is 4. The van der Waals surface area contributed by atoms with Crippen LogP contribution in [-0.2, 0) is 6.54 Å². The molecule has 0 aliphatic heterocycles. The van der Waals surface area contributed by atoms with Gasteiger partial charge in [0.15, 0.2) is 11.6 Å². The standard InChI is InChI=1S/C12H14N4O2/c1-7(17)10-5-9(3-4-11(10)13)14-6-12-15-8(2)16-18-12/h3-5,14H,6,13H2,1-2H3. The number of aryl methyl sites for hydroxylation is 1. The predicted octanol–water partition coefficient (Wildman–Crippen LogP) is 1.77. The number of nitrogens with zero attached hydrogens (tertiary/aromatic N) is 2. The number of hydrogen-bond acceptors (Lipinski definition) is 6. The van der Waals surface area contributed by atoms with Crippen molar-refractivity contribution in [3.05, 3.63) is 35.5 Å². The lowest BCUT2D eigenvalue weighted by molar-refractivity contribution is 0.101. The molecule has 0 aliphatic carbocycles. The topological polar surface area (TPSA) is 94.0 Å². The molecule has 2 aromatic rings. The molecule has 0 atom stereocenters. The number of carbonyl (C=O) groups is 1. The number of Topliss-reactive ketones (excluding diaryl/α,β-unsaturated/α-hetero) is 1. The largest absolute Gasteiger partial charge is 0.398 e. The number of aromatic nitrogens is 2. The molecule has 0 fully saturated rings. The van der Waals surface area contributed by atoms with E-state index >= 15 is 0 Å². The van der Waals surface area contributed by atoms with Gasteiger partial charge in [-0.25, -0.2) is 0 Å². The van der Waals surface area contributed by atoms with E-state index in [-0.39, 0.29) is 5.78 Å². The average Bonchev–Trinajstić information content (AvgIpc) is 2.74. The Balaban J connectivity index is 2.10. The molecule has 0 unspecified atom stereocenters. The summed E-state index contributed by atoms with van der Waals surface area (Å²) in [6.45, 7) is 3.64. The van der Waals surface area contributed by atoms with Crippen LogP contribution in [0.5, 0.6) is 0 Å². The Morgan fingerprint density at radius 2 is 2.28 bits per heavy atom. The zero-order valence-electron chi connectivity index (χ0n) is 10.2. The number of nitrogen functional groups attached to an aromatic ring is 1. The lowest BCUT2D eigenvalue weighted by atomic mass is 10.1. The number of nitrogens with two attached hydrogens (primary N) is 1. The molecule has 0 saturated heterocycles. The minimum absolute atomic E-state index is 0.0650. The highest BCUT2D eigenvalue weighted by Gasteiger charge is 2.07. The highest BCUT2D eigenvalue weighted by molar-refractivity contribution is 5.99. The van der Waals surface area contributed by atoms with Crippen molar-refractivity contribution in [3.8, 4) is 0 Å². The molecule has 6 nitrogen and oxygen atoms in total. The summed E-state index contributed by atoms with van der Waals surface area (Å²) in [5, 5.41) is 6.78. The minimum atomic E-state index is -0.0650. The van der Waals surface area contributed by atoms with Crippen LogP contribution >= 0.6 is 0 Å². The summed E-state index contributed by atoms with van der Waals surface area (Å²) in [6.07, 6.45) is 0. The summed E-state index contributed by atoms with van der Waals surface area (Å²) >= 11 is 0. The molecule has 2 rings (SSSR count). The maximum Gasteiger partial charge on any atom is 0.245 e. The summed E-state index contributed by atoms with van der Waals surface area (Å²) < 4.78 is 4.97. The molecule has 6 heteroatoms. The molecule has 0 spiro atoms. The van der Waals surface area contributed by atoms with Gasteiger partial charge in [-0.3, -0.25) is 4.79 Å². The van der Waals surface area contributed by atoms with Gasteiger partial charge in [0, 0.05) is 16.9 Å². The van der Waals surface area contributed by atoms with Gasteiger partial charge in [-0.1, -0.05) is 5.16 Å². The number of carbonyl (C=O) groups excluding carboxylic acids is 1. The summed E-state index contributed by atoms with van der Waals surface area (Å²) in [6, 6.07) is 5.20. The molecule has 0 bridgehead atoms. The van der Waals surface area contributed by atoms with Gasteiger partial charge in [0.05, 0.1) is 6.54 Å². The van der Waals surface area contributed by atoms with Crippen molar-refractivity contribution < 1.29 is 9.32 Å². The van der Waals surface area contributed by atoms with Crippen LogP contribution in [0.4, 0.5) is 11.4 Å². The van der Waals surface area contributed by atoms with E-state index in [0.29, 0.717) is 29.5 Å². The van der Waals surface area contributed by atoms with E-state index < -0.39 is 0 Å². The molecule has 18 heavy (non-hydrogen) atoms. The van der Waals surface area contributed by atoms with E-state index in [9.17, 15) is 4.79 Å². The quantitative estimate of drug-likeness (QED) is 0.630. The second kappa shape index (κ2) is 4.87. The summed E-state index contributed by atoms with van der Waals surface area (Å²) in [4.78, 5) is 15.4. The first-order chi connectivity index (χ1) is 8.56. The molecular formula is C12H14N4O2. The number of nitrogens with one attached hydrogen (secondary N) is 1. The smallest absolute Gasteiger partial charge is 0.245 e. The zero-order valence-corrected chi connectivity index (χ0v) is 10.2. The van der Waals surface area contributed by atoms with Crippen LogP contribution in [0.25, 0.3) is 0 Å². The second-order valence-corrected chi connectivity index (χ2v) is 3.95. The van der Waals surface area contributed by atoms with Gasteiger partial charge >= 0.3 is 0 Å². The molecule has 3 N–H and O–H groups in total. The summed E-state index contributed by atoms with van der Waals surface area (Å²) in [7, 11) is 0. The van der Waals surface area contributed by atoms with Crippen LogP contribution in [0, 0.1) is 6.92 Å². The van der Waals surface area contributed by atoms with Crippen molar-refractivity contribution >= 4 is 17.2 Å². The number of anilines is 2. The van der Waals surface area contributed by atoms with Crippen LogP contribution < -0.4 is 11.1 Å². The first kappa shape index (κ1) is 12.1. The van der Waals surface area contributed by atoms with Gasteiger partial charge in [-0.15, -0.1) is 0 Å². The molecular weight excluding hydrogens is 232 g/mol. The number of ketones is 1. The molecule has 0 radical (unpaired) electrons.